The highest BCUT2D eigenvalue weighted by Crippen LogP contribution is 2.51. The first-order chi connectivity index (χ1) is 10.7. The fourth-order valence-electron chi connectivity index (χ4n) is 3.90. The average Bonchev–Trinajstić information content (AvgIpc) is 3.07. The Bertz CT molecular complexity index is 756. The van der Waals surface area contributed by atoms with Crippen molar-refractivity contribution in [1.29, 1.82) is 0 Å². The van der Waals surface area contributed by atoms with Gasteiger partial charge in [0.2, 0.25) is 0 Å². The molecule has 2 aliphatic rings. The second kappa shape index (κ2) is 4.75. The second-order valence-corrected chi connectivity index (χ2v) is 6.28. The van der Waals surface area contributed by atoms with Crippen LogP contribution in [0, 0.1) is 0 Å². The molecule has 0 saturated carbocycles. The van der Waals surface area contributed by atoms with Gasteiger partial charge in [-0.2, -0.15) is 0 Å². The van der Waals surface area contributed by atoms with Crippen LogP contribution in [0.1, 0.15) is 34.3 Å². The van der Waals surface area contributed by atoms with Crippen molar-refractivity contribution in [2.75, 3.05) is 13.7 Å². The van der Waals surface area contributed by atoms with Gasteiger partial charge in [0.1, 0.15) is 5.75 Å². The van der Waals surface area contributed by atoms with Crippen LogP contribution in [-0.4, -0.2) is 24.5 Å². The Morgan fingerprint density at radius 3 is 2.68 bits per heavy atom. The van der Waals surface area contributed by atoms with E-state index in [0.717, 1.165) is 41.8 Å². The van der Waals surface area contributed by atoms with Gasteiger partial charge in [-0.3, -0.25) is 4.79 Å². The van der Waals surface area contributed by atoms with Gasteiger partial charge in [-0.25, -0.2) is 0 Å². The Kier molecular flexibility index (Phi) is 2.95. The van der Waals surface area contributed by atoms with Crippen LogP contribution in [0.2, 0.25) is 5.02 Å². The lowest BCUT2D eigenvalue weighted by Crippen LogP contribution is -2.39. The van der Waals surface area contributed by atoms with Crippen molar-refractivity contribution >= 4 is 17.5 Å². The van der Waals surface area contributed by atoms with Gasteiger partial charge in [0.05, 0.1) is 12.6 Å². The second-order valence-electron chi connectivity index (χ2n) is 5.84. The van der Waals surface area contributed by atoms with E-state index in [4.69, 9.17) is 16.3 Å². The highest BCUT2D eigenvalue weighted by atomic mass is 35.5. The molecule has 0 radical (unpaired) electrons. The summed E-state index contributed by atoms with van der Waals surface area (Å²) in [5.41, 5.74) is 2.61. The third-order valence-corrected chi connectivity index (χ3v) is 5.09. The smallest absolute Gasteiger partial charge is 0.255 e. The van der Waals surface area contributed by atoms with E-state index in [2.05, 4.69) is 12.1 Å². The molecule has 1 atom stereocenters. The first-order valence-corrected chi connectivity index (χ1v) is 7.81. The van der Waals surface area contributed by atoms with E-state index in [1.165, 1.54) is 0 Å². The SMILES string of the molecule is COc1ccc(C23CCCN2C(=O)c2cc(Cl)ccc23)cc1. The lowest BCUT2D eigenvalue weighted by molar-refractivity contribution is 0.0711. The predicted octanol–water partition coefficient (Wildman–Crippen LogP) is 3.84. The van der Waals surface area contributed by atoms with Crippen LogP contribution in [0.5, 0.6) is 5.75 Å². The minimum Gasteiger partial charge on any atom is -0.497 e. The molecule has 0 bridgehead atoms. The molecule has 1 saturated heterocycles. The third-order valence-electron chi connectivity index (χ3n) is 4.85. The number of ether oxygens (including phenoxy) is 1. The Balaban J connectivity index is 1.93. The summed E-state index contributed by atoms with van der Waals surface area (Å²) >= 11 is 6.09. The van der Waals surface area contributed by atoms with Crippen LogP contribution in [0.3, 0.4) is 0 Å². The van der Waals surface area contributed by atoms with Crippen molar-refractivity contribution in [1.82, 2.24) is 4.90 Å². The molecular weight excluding hydrogens is 298 g/mol. The van der Waals surface area contributed by atoms with Crippen LogP contribution >= 0.6 is 11.6 Å². The van der Waals surface area contributed by atoms with Gasteiger partial charge in [-0.15, -0.1) is 0 Å². The standard InChI is InChI=1S/C18H16ClNO2/c1-22-14-6-3-12(4-7-14)18-9-2-10-20(18)17(21)15-11-13(19)5-8-16(15)18/h3-8,11H,2,9-10H2,1H3. The molecule has 0 spiro atoms. The molecule has 1 fully saturated rings. The minimum absolute atomic E-state index is 0.0887. The molecule has 2 heterocycles. The molecule has 22 heavy (non-hydrogen) atoms. The van der Waals surface area contributed by atoms with Crippen LogP contribution in [0.25, 0.3) is 0 Å². The number of halogens is 1. The number of rotatable bonds is 2. The largest absolute Gasteiger partial charge is 0.497 e. The number of carbonyl (C=O) groups excluding carboxylic acids is 1. The van der Waals surface area contributed by atoms with Crippen LogP contribution in [-0.2, 0) is 5.54 Å². The molecule has 0 aliphatic carbocycles. The van der Waals surface area contributed by atoms with Crippen molar-refractivity contribution in [3.05, 3.63) is 64.2 Å². The van der Waals surface area contributed by atoms with E-state index >= 15 is 0 Å². The fraction of sp³-hybridized carbons (Fsp3) is 0.278. The first kappa shape index (κ1) is 13.6. The Hall–Kier alpha value is -2.00. The zero-order valence-corrected chi connectivity index (χ0v) is 13.1. The summed E-state index contributed by atoms with van der Waals surface area (Å²) < 4.78 is 5.25. The molecule has 2 aromatic rings. The molecule has 0 N–H and O–H groups in total. The van der Waals surface area contributed by atoms with Crippen molar-refractivity contribution in [3.63, 3.8) is 0 Å². The van der Waals surface area contributed by atoms with Gasteiger partial charge < -0.3 is 9.64 Å². The van der Waals surface area contributed by atoms with Crippen molar-refractivity contribution in [2.45, 2.75) is 18.4 Å². The first-order valence-electron chi connectivity index (χ1n) is 7.43. The number of hydrogen-bond donors (Lipinski definition) is 0. The van der Waals surface area contributed by atoms with E-state index in [0.29, 0.717) is 5.02 Å². The molecule has 1 amide bonds. The van der Waals surface area contributed by atoms with Gasteiger partial charge >= 0.3 is 0 Å². The van der Waals surface area contributed by atoms with Gasteiger partial charge in [0.25, 0.3) is 5.91 Å². The number of carbonyl (C=O) groups is 1. The summed E-state index contributed by atoms with van der Waals surface area (Å²) in [6.45, 7) is 0.789. The number of nitrogens with zero attached hydrogens (tertiary/aromatic N) is 1. The maximum atomic E-state index is 12.8. The molecular formula is C18H16ClNO2. The molecule has 0 aromatic heterocycles. The molecule has 2 aromatic carbocycles. The van der Waals surface area contributed by atoms with Crippen LogP contribution in [0.15, 0.2) is 42.5 Å². The highest BCUT2D eigenvalue weighted by Gasteiger charge is 2.53. The zero-order chi connectivity index (χ0) is 15.3. The molecule has 4 heteroatoms. The average molecular weight is 314 g/mol. The van der Waals surface area contributed by atoms with Crippen molar-refractivity contribution in [2.24, 2.45) is 0 Å². The summed E-state index contributed by atoms with van der Waals surface area (Å²) in [4.78, 5) is 14.8. The van der Waals surface area contributed by atoms with Crippen molar-refractivity contribution in [3.8, 4) is 5.75 Å². The summed E-state index contributed by atoms with van der Waals surface area (Å²) in [5, 5.41) is 0.609. The lowest BCUT2D eigenvalue weighted by atomic mass is 9.81. The number of amides is 1. The Labute approximate surface area is 134 Å². The zero-order valence-electron chi connectivity index (χ0n) is 12.3. The monoisotopic (exact) mass is 313 g/mol. The maximum absolute atomic E-state index is 12.8. The van der Waals surface area contributed by atoms with E-state index < -0.39 is 0 Å². The molecule has 3 nitrogen and oxygen atoms in total. The fourth-order valence-corrected chi connectivity index (χ4v) is 4.07. The van der Waals surface area contributed by atoms with E-state index in [-0.39, 0.29) is 11.4 Å². The molecule has 112 valence electrons. The van der Waals surface area contributed by atoms with Gasteiger partial charge in [0, 0.05) is 17.1 Å². The summed E-state index contributed by atoms with van der Waals surface area (Å²) in [6, 6.07) is 13.7. The van der Waals surface area contributed by atoms with Gasteiger partial charge in [-0.05, 0) is 48.2 Å². The number of methoxy groups -OCH3 is 1. The Morgan fingerprint density at radius 2 is 1.95 bits per heavy atom. The summed E-state index contributed by atoms with van der Waals surface area (Å²) in [6.07, 6.45) is 1.96. The summed E-state index contributed by atoms with van der Waals surface area (Å²) in [5.74, 6) is 0.913. The maximum Gasteiger partial charge on any atom is 0.255 e. The van der Waals surface area contributed by atoms with Gasteiger partial charge in [0.15, 0.2) is 0 Å². The topological polar surface area (TPSA) is 29.5 Å². The summed E-state index contributed by atoms with van der Waals surface area (Å²) in [7, 11) is 1.66. The predicted molar refractivity (Wildman–Crippen MR) is 85.5 cm³/mol. The number of benzene rings is 2. The van der Waals surface area contributed by atoms with Gasteiger partial charge in [-0.1, -0.05) is 29.8 Å². The molecule has 1 unspecified atom stereocenters. The highest BCUT2D eigenvalue weighted by molar-refractivity contribution is 6.31. The number of hydrogen-bond acceptors (Lipinski definition) is 2. The lowest BCUT2D eigenvalue weighted by Gasteiger charge is -2.33. The minimum atomic E-state index is -0.344. The van der Waals surface area contributed by atoms with E-state index in [1.807, 2.05) is 29.2 Å². The molecule has 4 rings (SSSR count). The quantitative estimate of drug-likeness (QED) is 0.843. The van der Waals surface area contributed by atoms with Crippen molar-refractivity contribution < 1.29 is 9.53 Å². The van der Waals surface area contributed by atoms with Crippen LogP contribution < -0.4 is 4.74 Å². The third kappa shape index (κ3) is 1.66. The molecule has 2 aliphatic heterocycles. The number of fused-ring (bicyclic) bond motifs is 3. The Morgan fingerprint density at radius 1 is 1.18 bits per heavy atom. The van der Waals surface area contributed by atoms with E-state index in [1.54, 1.807) is 13.2 Å². The normalized spacial score (nSPS) is 22.6. The van der Waals surface area contributed by atoms with E-state index in [9.17, 15) is 4.79 Å². The van der Waals surface area contributed by atoms with Crippen LogP contribution in [0.4, 0.5) is 0 Å².